The van der Waals surface area contributed by atoms with Gasteiger partial charge in [0, 0.05) is 22.8 Å². The molecule has 0 radical (unpaired) electrons. The van der Waals surface area contributed by atoms with E-state index in [2.05, 4.69) is 31.2 Å². The smallest absolute Gasteiger partial charge is 0.305 e. The van der Waals surface area contributed by atoms with E-state index in [4.69, 9.17) is 4.74 Å². The third-order valence-electron chi connectivity index (χ3n) is 5.75. The molecule has 0 heterocycles. The maximum atomic E-state index is 13.1. The number of ether oxygens (including phenoxy) is 1. The van der Waals surface area contributed by atoms with Gasteiger partial charge in [0.15, 0.2) is 5.78 Å². The SMILES string of the molecule is CCCCCCCC[C@@H]1C=C(Sc2ccccc2)C(=O)/C1=C\CCCCCC(=O)OC. The molecule has 4 heteroatoms. The lowest BCUT2D eigenvalue weighted by Crippen LogP contribution is -2.04. The Labute approximate surface area is 192 Å². The van der Waals surface area contributed by atoms with Crippen molar-refractivity contribution >= 4 is 23.5 Å². The number of rotatable bonds is 15. The number of Topliss-reactive ketones (excluding diaryl/α,β-unsaturated/α-hetero) is 1. The quantitative estimate of drug-likeness (QED) is 0.159. The van der Waals surface area contributed by atoms with Crippen molar-refractivity contribution < 1.29 is 14.3 Å². The van der Waals surface area contributed by atoms with Gasteiger partial charge in [0.25, 0.3) is 0 Å². The summed E-state index contributed by atoms with van der Waals surface area (Å²) in [7, 11) is 1.43. The highest BCUT2D eigenvalue weighted by atomic mass is 32.2. The van der Waals surface area contributed by atoms with Crippen LogP contribution in [0.2, 0.25) is 0 Å². The van der Waals surface area contributed by atoms with Crippen LogP contribution in [0.1, 0.15) is 84.0 Å². The van der Waals surface area contributed by atoms with E-state index < -0.39 is 0 Å². The van der Waals surface area contributed by atoms with Gasteiger partial charge in [-0.1, -0.05) is 94.0 Å². The fraction of sp³-hybridized carbons (Fsp3) is 0.556. The Bertz CT molecular complexity index is 736. The molecule has 0 bridgehead atoms. The lowest BCUT2D eigenvalue weighted by atomic mass is 9.94. The summed E-state index contributed by atoms with van der Waals surface area (Å²) in [5.74, 6) is 0.314. The van der Waals surface area contributed by atoms with Gasteiger partial charge in [-0.15, -0.1) is 0 Å². The first kappa shape index (κ1) is 25.5. The van der Waals surface area contributed by atoms with Crippen LogP contribution >= 0.6 is 11.8 Å². The van der Waals surface area contributed by atoms with E-state index >= 15 is 0 Å². The number of carbonyl (C=O) groups excluding carboxylic acids is 2. The molecular formula is C27H38O3S. The van der Waals surface area contributed by atoms with Crippen LogP contribution in [-0.4, -0.2) is 18.9 Å². The van der Waals surface area contributed by atoms with Crippen LogP contribution in [0.25, 0.3) is 0 Å². The van der Waals surface area contributed by atoms with Gasteiger partial charge in [-0.2, -0.15) is 0 Å². The number of benzene rings is 1. The van der Waals surface area contributed by atoms with E-state index in [0.29, 0.717) is 6.42 Å². The van der Waals surface area contributed by atoms with Crippen molar-refractivity contribution in [2.24, 2.45) is 5.92 Å². The third-order valence-corrected chi connectivity index (χ3v) is 6.80. The minimum atomic E-state index is -0.143. The monoisotopic (exact) mass is 442 g/mol. The normalized spacial score (nSPS) is 17.2. The molecule has 31 heavy (non-hydrogen) atoms. The van der Waals surface area contributed by atoms with Crippen LogP contribution in [0, 0.1) is 5.92 Å². The van der Waals surface area contributed by atoms with Gasteiger partial charge in [0.05, 0.1) is 12.0 Å². The molecule has 1 aliphatic rings. The molecule has 0 saturated heterocycles. The second kappa shape index (κ2) is 15.1. The van der Waals surface area contributed by atoms with Crippen LogP contribution in [0.4, 0.5) is 0 Å². The summed E-state index contributed by atoms with van der Waals surface area (Å²) < 4.78 is 4.69. The fourth-order valence-electron chi connectivity index (χ4n) is 3.93. The van der Waals surface area contributed by atoms with Crippen molar-refractivity contribution in [1.82, 2.24) is 0 Å². The molecule has 0 amide bonds. The molecule has 1 atom stereocenters. The summed E-state index contributed by atoms with van der Waals surface area (Å²) in [5, 5.41) is 0. The van der Waals surface area contributed by atoms with E-state index in [-0.39, 0.29) is 17.7 Å². The molecule has 0 saturated carbocycles. The van der Waals surface area contributed by atoms with Gasteiger partial charge in [-0.3, -0.25) is 9.59 Å². The van der Waals surface area contributed by atoms with Crippen molar-refractivity contribution in [2.75, 3.05) is 7.11 Å². The Morgan fingerprint density at radius 2 is 1.71 bits per heavy atom. The van der Waals surface area contributed by atoms with Crippen LogP contribution < -0.4 is 0 Å². The molecule has 0 aliphatic heterocycles. The molecule has 0 N–H and O–H groups in total. The second-order valence-electron chi connectivity index (χ2n) is 8.27. The minimum absolute atomic E-state index is 0.143. The number of thioether (sulfide) groups is 1. The van der Waals surface area contributed by atoms with Crippen LogP contribution in [-0.2, 0) is 14.3 Å². The summed E-state index contributed by atoms with van der Waals surface area (Å²) in [4.78, 5) is 26.3. The fourth-order valence-corrected chi connectivity index (χ4v) is 4.92. The average Bonchev–Trinajstić information content (AvgIpc) is 3.07. The first-order valence-corrected chi connectivity index (χ1v) is 12.7. The summed E-state index contributed by atoms with van der Waals surface area (Å²) in [6.45, 7) is 2.24. The molecule has 1 aliphatic carbocycles. The Morgan fingerprint density at radius 1 is 1.00 bits per heavy atom. The van der Waals surface area contributed by atoms with Crippen molar-refractivity contribution in [3.63, 3.8) is 0 Å². The highest BCUT2D eigenvalue weighted by molar-refractivity contribution is 8.04. The topological polar surface area (TPSA) is 43.4 Å². The highest BCUT2D eigenvalue weighted by Crippen LogP contribution is 2.39. The van der Waals surface area contributed by atoms with E-state index in [1.807, 2.05) is 18.2 Å². The van der Waals surface area contributed by atoms with E-state index in [0.717, 1.165) is 47.5 Å². The van der Waals surface area contributed by atoms with Crippen molar-refractivity contribution in [3.8, 4) is 0 Å². The number of hydrogen-bond donors (Lipinski definition) is 0. The molecular weight excluding hydrogens is 404 g/mol. The number of unbranched alkanes of at least 4 members (excludes halogenated alkanes) is 8. The molecule has 0 fully saturated rings. The zero-order chi connectivity index (χ0) is 22.3. The number of allylic oxidation sites excluding steroid dienone is 4. The van der Waals surface area contributed by atoms with Gasteiger partial charge in [0.1, 0.15) is 0 Å². The second-order valence-corrected chi connectivity index (χ2v) is 9.39. The van der Waals surface area contributed by atoms with Gasteiger partial charge in [0.2, 0.25) is 0 Å². The lowest BCUT2D eigenvalue weighted by Gasteiger charge is -2.10. The van der Waals surface area contributed by atoms with Crippen molar-refractivity contribution in [3.05, 3.63) is 53.0 Å². The molecule has 2 rings (SSSR count). The summed E-state index contributed by atoms with van der Waals surface area (Å²) in [6.07, 6.45) is 17.3. The molecule has 3 nitrogen and oxygen atoms in total. The zero-order valence-electron chi connectivity index (χ0n) is 19.2. The van der Waals surface area contributed by atoms with Crippen LogP contribution in [0.3, 0.4) is 0 Å². The summed E-state index contributed by atoms with van der Waals surface area (Å²) >= 11 is 1.59. The number of carbonyl (C=O) groups is 2. The van der Waals surface area contributed by atoms with Crippen molar-refractivity contribution in [1.29, 1.82) is 0 Å². The molecule has 0 aromatic heterocycles. The Kier molecular flexibility index (Phi) is 12.4. The molecule has 1 aromatic rings. The average molecular weight is 443 g/mol. The standard InChI is InChI=1S/C27H38O3S/c1-3-4-5-6-7-11-16-22-21-25(31-23-17-12-10-13-18-23)27(29)24(22)19-14-8-9-15-20-26(28)30-2/h10,12-13,17-19,21-22H,3-9,11,14-16,20H2,1-2H3/b24-19-/t22-/m1/s1. The molecule has 1 aromatic carbocycles. The summed E-state index contributed by atoms with van der Waals surface area (Å²) in [6, 6.07) is 10.2. The van der Waals surface area contributed by atoms with Gasteiger partial charge in [-0.05, 0) is 37.8 Å². The predicted molar refractivity (Wildman–Crippen MR) is 130 cm³/mol. The summed E-state index contributed by atoms with van der Waals surface area (Å²) in [5.41, 5.74) is 0.986. The van der Waals surface area contributed by atoms with E-state index in [1.54, 1.807) is 11.8 Å². The van der Waals surface area contributed by atoms with Gasteiger partial charge >= 0.3 is 5.97 Å². The molecule has 0 spiro atoms. The number of esters is 1. The Hall–Kier alpha value is -1.81. The van der Waals surface area contributed by atoms with E-state index in [9.17, 15) is 9.59 Å². The number of methoxy groups -OCH3 is 1. The zero-order valence-corrected chi connectivity index (χ0v) is 20.1. The minimum Gasteiger partial charge on any atom is -0.469 e. The maximum Gasteiger partial charge on any atom is 0.305 e. The number of ketones is 1. The van der Waals surface area contributed by atoms with Crippen LogP contribution in [0.5, 0.6) is 0 Å². The van der Waals surface area contributed by atoms with Gasteiger partial charge < -0.3 is 4.74 Å². The van der Waals surface area contributed by atoms with Crippen LogP contribution in [0.15, 0.2) is 57.9 Å². The highest BCUT2D eigenvalue weighted by Gasteiger charge is 2.29. The van der Waals surface area contributed by atoms with Gasteiger partial charge in [-0.25, -0.2) is 0 Å². The Morgan fingerprint density at radius 3 is 2.45 bits per heavy atom. The predicted octanol–water partition coefficient (Wildman–Crippen LogP) is 7.66. The largest absolute Gasteiger partial charge is 0.469 e. The first-order valence-electron chi connectivity index (χ1n) is 11.9. The molecule has 170 valence electrons. The first-order chi connectivity index (χ1) is 15.2. The maximum absolute atomic E-state index is 13.1. The Balaban J connectivity index is 1.90. The van der Waals surface area contributed by atoms with E-state index in [1.165, 1.54) is 45.6 Å². The third kappa shape index (κ3) is 9.47. The van der Waals surface area contributed by atoms with Crippen molar-refractivity contribution in [2.45, 2.75) is 88.9 Å². The molecule has 0 unspecified atom stereocenters. The lowest BCUT2D eigenvalue weighted by molar-refractivity contribution is -0.140. The number of hydrogen-bond acceptors (Lipinski definition) is 4.